The first-order valence-corrected chi connectivity index (χ1v) is 17.8. The van der Waals surface area contributed by atoms with Gasteiger partial charge in [0.25, 0.3) is 0 Å². The highest BCUT2D eigenvalue weighted by Gasteiger charge is 2.71. The highest BCUT2D eigenvalue weighted by Crippen LogP contribution is 2.61. The predicted molar refractivity (Wildman–Crippen MR) is 201 cm³/mol. The summed E-state index contributed by atoms with van der Waals surface area (Å²) < 4.78 is 14.5. The van der Waals surface area contributed by atoms with Gasteiger partial charge in [-0.3, -0.25) is 9.59 Å². The molecule has 0 radical (unpaired) electrons. The molecule has 1 aliphatic rings. The molecule has 0 N–H and O–H groups in total. The van der Waals surface area contributed by atoms with Gasteiger partial charge in [0.15, 0.2) is 5.41 Å². The highest BCUT2D eigenvalue weighted by atomic mass is 16.6. The summed E-state index contributed by atoms with van der Waals surface area (Å²) in [5.41, 5.74) is 5.86. The predicted octanol–water partition coefficient (Wildman–Crippen LogP) is 8.97. The van der Waals surface area contributed by atoms with E-state index >= 15 is 9.59 Å². The second kappa shape index (κ2) is 14.4. The van der Waals surface area contributed by atoms with Crippen LogP contribution in [0.1, 0.15) is 63.3 Å². The number of aryl methyl sites for hydroxylation is 4. The Morgan fingerprint density at radius 2 is 1.12 bits per heavy atom. The molecule has 0 unspecified atom stereocenters. The van der Waals surface area contributed by atoms with Crippen molar-refractivity contribution in [2.24, 2.45) is 5.41 Å². The largest absolute Gasteiger partial charge is 0.460 e. The average molecular weight is 690 g/mol. The fourth-order valence-electron chi connectivity index (χ4n) is 8.06. The van der Waals surface area contributed by atoms with Gasteiger partial charge in [-0.25, -0.2) is 4.68 Å². The fourth-order valence-corrected chi connectivity index (χ4v) is 8.06. The van der Waals surface area contributed by atoms with Crippen molar-refractivity contribution in [3.63, 3.8) is 0 Å². The molecule has 5 aromatic carbocycles. The summed E-state index contributed by atoms with van der Waals surface area (Å²) in [4.78, 5) is 30.8. The first-order valence-electron chi connectivity index (χ1n) is 17.8. The summed E-state index contributed by atoms with van der Waals surface area (Å²) in [5, 5.41) is 9.38. The van der Waals surface area contributed by atoms with Crippen LogP contribution in [0.3, 0.4) is 0 Å². The average Bonchev–Trinajstić information content (AvgIpc) is 3.81. The third-order valence-electron chi connectivity index (χ3n) is 11.0. The quantitative estimate of drug-likeness (QED) is 0.106. The summed E-state index contributed by atoms with van der Waals surface area (Å²) in [7, 11) is 0. The van der Waals surface area contributed by atoms with Crippen LogP contribution in [0.4, 0.5) is 0 Å². The molecular weight excluding hydrogens is 647 g/mol. The van der Waals surface area contributed by atoms with Crippen LogP contribution in [0, 0.1) is 33.1 Å². The van der Waals surface area contributed by atoms with Gasteiger partial charge in [-0.05, 0) is 91.0 Å². The second-order valence-electron chi connectivity index (χ2n) is 14.0. The van der Waals surface area contributed by atoms with E-state index in [2.05, 4.69) is 17.2 Å². The molecule has 52 heavy (non-hydrogen) atoms. The lowest BCUT2D eigenvalue weighted by Crippen LogP contribution is -2.57. The number of nitrogens with zero attached hydrogens (tertiary/aromatic N) is 3. The van der Waals surface area contributed by atoms with Crippen LogP contribution < -0.4 is 0 Å². The molecular formula is C45H43N3O4. The molecule has 7 nitrogen and oxygen atoms in total. The molecule has 7 rings (SSSR count). The summed E-state index contributed by atoms with van der Waals surface area (Å²) in [6.07, 6.45) is 2.36. The maximum Gasteiger partial charge on any atom is 0.326 e. The molecule has 2 atom stereocenters. The van der Waals surface area contributed by atoms with Gasteiger partial charge in [0.1, 0.15) is 24.4 Å². The molecule has 0 spiro atoms. The number of aromatic nitrogens is 3. The van der Waals surface area contributed by atoms with Crippen molar-refractivity contribution in [2.75, 3.05) is 0 Å². The molecule has 1 aromatic heterocycles. The van der Waals surface area contributed by atoms with Crippen LogP contribution >= 0.6 is 0 Å². The van der Waals surface area contributed by atoms with E-state index in [9.17, 15) is 0 Å². The Labute approximate surface area is 305 Å². The smallest absolute Gasteiger partial charge is 0.326 e. The van der Waals surface area contributed by atoms with E-state index in [0.717, 1.165) is 50.1 Å². The third-order valence-corrected chi connectivity index (χ3v) is 11.0. The molecule has 0 aliphatic heterocycles. The minimum atomic E-state index is -1.86. The Morgan fingerprint density at radius 3 is 1.63 bits per heavy atom. The maximum atomic E-state index is 15.4. The topological polar surface area (TPSA) is 83.3 Å². The van der Waals surface area contributed by atoms with E-state index in [1.54, 1.807) is 4.68 Å². The number of ether oxygens (including phenoxy) is 2. The van der Waals surface area contributed by atoms with Gasteiger partial charge in [0.05, 0.1) is 6.20 Å². The number of benzene rings is 5. The zero-order valence-electron chi connectivity index (χ0n) is 30.1. The SMILES string of the molecule is Cc1cccc(C)c1COC(=O)C1(C(=O)OCc2c(C)cccc2C)C[C@@H](c2ccccc2)C[C@@]1(c1ccccc1)n1cc(-c2ccccc2)nn1. The maximum absolute atomic E-state index is 15.4. The second-order valence-corrected chi connectivity index (χ2v) is 14.0. The Balaban J connectivity index is 1.45. The van der Waals surface area contributed by atoms with Crippen LogP contribution in [0.5, 0.6) is 0 Å². The van der Waals surface area contributed by atoms with Crippen molar-refractivity contribution >= 4 is 11.9 Å². The van der Waals surface area contributed by atoms with Crippen molar-refractivity contribution in [1.29, 1.82) is 0 Å². The molecule has 1 heterocycles. The van der Waals surface area contributed by atoms with Gasteiger partial charge >= 0.3 is 11.9 Å². The Bertz CT molecular complexity index is 2090. The highest BCUT2D eigenvalue weighted by molar-refractivity contribution is 6.03. The van der Waals surface area contributed by atoms with Crippen molar-refractivity contribution in [1.82, 2.24) is 15.0 Å². The Kier molecular flexibility index (Phi) is 9.61. The standard InChI is InChI=1S/C45H43N3O4/c1-31-16-14-17-32(2)39(31)29-51-42(49)44(43(50)52-30-40-33(3)18-15-19-34(40)4)26-37(35-20-8-5-9-21-35)27-45(44,38-24-12-7-13-25-38)48-28-41(46-47-48)36-22-10-6-11-23-36/h5-25,28,37H,26-27,29-30H2,1-4H3/t37-,45+/m1/s1. The number of hydrogen-bond acceptors (Lipinski definition) is 6. The normalized spacial score (nSPS) is 17.8. The van der Waals surface area contributed by atoms with E-state index in [1.807, 2.05) is 149 Å². The number of hydrogen-bond donors (Lipinski definition) is 0. The van der Waals surface area contributed by atoms with Gasteiger partial charge in [-0.1, -0.05) is 133 Å². The van der Waals surface area contributed by atoms with Crippen LogP contribution in [0.25, 0.3) is 11.3 Å². The van der Waals surface area contributed by atoms with Gasteiger partial charge in [0, 0.05) is 5.56 Å². The number of carbonyl (C=O) groups excluding carboxylic acids is 2. The van der Waals surface area contributed by atoms with Crippen molar-refractivity contribution < 1.29 is 19.1 Å². The van der Waals surface area contributed by atoms with Crippen molar-refractivity contribution in [2.45, 2.75) is 65.2 Å². The van der Waals surface area contributed by atoms with Gasteiger partial charge in [-0.15, -0.1) is 5.10 Å². The first kappa shape index (κ1) is 34.6. The third kappa shape index (κ3) is 6.10. The molecule has 7 heteroatoms. The number of carbonyl (C=O) groups is 2. The summed E-state index contributed by atoms with van der Waals surface area (Å²) in [5.74, 6) is -1.53. The van der Waals surface area contributed by atoms with Crippen LogP contribution in [0.2, 0.25) is 0 Å². The number of rotatable bonds is 10. The lowest BCUT2D eigenvalue weighted by molar-refractivity contribution is -0.181. The van der Waals surface area contributed by atoms with E-state index in [0.29, 0.717) is 12.1 Å². The van der Waals surface area contributed by atoms with Crippen LogP contribution in [-0.4, -0.2) is 26.9 Å². The minimum absolute atomic E-state index is 0.0107. The van der Waals surface area contributed by atoms with Crippen LogP contribution in [-0.2, 0) is 37.8 Å². The zero-order valence-corrected chi connectivity index (χ0v) is 30.1. The van der Waals surface area contributed by atoms with Crippen molar-refractivity contribution in [3.05, 3.63) is 178 Å². The number of esters is 2. The van der Waals surface area contributed by atoms with Gasteiger partial charge < -0.3 is 9.47 Å². The molecule has 0 saturated heterocycles. The summed E-state index contributed by atoms with van der Waals surface area (Å²) in [6, 6.07) is 41.5. The van der Waals surface area contributed by atoms with Crippen LogP contribution in [0.15, 0.2) is 134 Å². The lowest BCUT2D eigenvalue weighted by atomic mass is 9.67. The van der Waals surface area contributed by atoms with Crippen molar-refractivity contribution in [3.8, 4) is 11.3 Å². The first-order chi connectivity index (χ1) is 25.2. The van der Waals surface area contributed by atoms with E-state index < -0.39 is 22.9 Å². The molecule has 0 bridgehead atoms. The minimum Gasteiger partial charge on any atom is -0.460 e. The fraction of sp³-hybridized carbons (Fsp3) is 0.244. The van der Waals surface area contributed by atoms with E-state index in [1.165, 1.54) is 0 Å². The molecule has 1 saturated carbocycles. The summed E-state index contributed by atoms with van der Waals surface area (Å²) in [6.45, 7) is 8.02. The Hall–Kier alpha value is -5.82. The lowest BCUT2D eigenvalue weighted by Gasteiger charge is -2.42. The molecule has 262 valence electrons. The monoisotopic (exact) mass is 689 g/mol. The van der Waals surface area contributed by atoms with E-state index in [-0.39, 0.29) is 25.6 Å². The zero-order chi connectivity index (χ0) is 36.3. The Morgan fingerprint density at radius 1 is 0.635 bits per heavy atom. The van der Waals surface area contributed by atoms with Gasteiger partial charge in [-0.2, -0.15) is 0 Å². The van der Waals surface area contributed by atoms with E-state index in [4.69, 9.17) is 14.7 Å². The summed E-state index contributed by atoms with van der Waals surface area (Å²) >= 11 is 0. The molecule has 6 aromatic rings. The van der Waals surface area contributed by atoms with Gasteiger partial charge in [0.2, 0.25) is 0 Å². The molecule has 1 fully saturated rings. The molecule has 0 amide bonds. The molecule has 1 aliphatic carbocycles.